The van der Waals surface area contributed by atoms with E-state index in [1.54, 1.807) is 6.92 Å². The van der Waals surface area contributed by atoms with E-state index in [4.69, 9.17) is 5.11 Å². The second-order valence-electron chi connectivity index (χ2n) is 3.08. The van der Waals surface area contributed by atoms with Crippen LogP contribution in [0.15, 0.2) is 5.38 Å². The van der Waals surface area contributed by atoms with Crippen molar-refractivity contribution in [3.8, 4) is 0 Å². The van der Waals surface area contributed by atoms with E-state index in [9.17, 15) is 18.0 Å². The molecular weight excluding hydrogens is 279 g/mol. The highest BCUT2D eigenvalue weighted by Gasteiger charge is 2.36. The Labute approximate surface area is 106 Å². The van der Waals surface area contributed by atoms with Gasteiger partial charge in [-0.15, -0.1) is 23.7 Å². The van der Waals surface area contributed by atoms with E-state index in [-0.39, 0.29) is 23.0 Å². The van der Waals surface area contributed by atoms with E-state index in [2.05, 4.69) is 5.32 Å². The highest BCUT2D eigenvalue weighted by Crippen LogP contribution is 2.40. The Morgan fingerprint density at radius 3 is 2.53 bits per heavy atom. The van der Waals surface area contributed by atoms with Gasteiger partial charge in [0.1, 0.15) is 4.88 Å². The molecule has 0 aliphatic carbocycles. The normalized spacial score (nSPS) is 10.8. The van der Waals surface area contributed by atoms with Gasteiger partial charge in [0.25, 0.3) is 0 Å². The number of rotatable bonds is 4. The number of hydrogen-bond donors (Lipinski definition) is 2. The van der Waals surface area contributed by atoms with Crippen LogP contribution in [0.4, 0.5) is 18.9 Å². The number of nitrogens with one attached hydrogen (secondary N) is 1. The minimum Gasteiger partial charge on any atom is -0.477 e. The largest absolute Gasteiger partial charge is 0.477 e. The molecule has 0 aromatic carbocycles. The van der Waals surface area contributed by atoms with E-state index < -0.39 is 17.7 Å². The molecular formula is C9H11ClF3NO2S. The Kier molecular flexibility index (Phi) is 5.77. The fourth-order valence-corrected chi connectivity index (χ4v) is 2.04. The molecule has 2 N–H and O–H groups in total. The van der Waals surface area contributed by atoms with Gasteiger partial charge in [-0.3, -0.25) is 0 Å². The smallest absolute Gasteiger partial charge is 0.419 e. The molecule has 17 heavy (non-hydrogen) atoms. The molecule has 0 saturated carbocycles. The number of hydrogen-bond acceptors (Lipinski definition) is 3. The summed E-state index contributed by atoms with van der Waals surface area (Å²) >= 11 is 0.580. The first kappa shape index (κ1) is 16.1. The SMILES string of the molecule is CCCNc1c(C(F)(F)F)csc1C(=O)O.Cl. The zero-order valence-corrected chi connectivity index (χ0v) is 10.4. The Hall–Kier alpha value is -0.950. The molecule has 0 fully saturated rings. The van der Waals surface area contributed by atoms with Crippen LogP contribution in [0.25, 0.3) is 0 Å². The number of carboxylic acids is 1. The first-order valence-corrected chi connectivity index (χ1v) is 5.41. The van der Waals surface area contributed by atoms with Crippen molar-refractivity contribution < 1.29 is 23.1 Å². The third-order valence-corrected chi connectivity index (χ3v) is 2.81. The Morgan fingerprint density at radius 2 is 2.12 bits per heavy atom. The van der Waals surface area contributed by atoms with Crippen molar-refractivity contribution in [2.45, 2.75) is 19.5 Å². The fourth-order valence-electron chi connectivity index (χ4n) is 1.15. The standard InChI is InChI=1S/C9H10F3NO2S.ClH/c1-2-3-13-6-5(9(10,11)12)4-16-7(6)8(14)15;/h4,13H,2-3H2,1H3,(H,14,15);1H. The molecule has 0 unspecified atom stereocenters. The number of alkyl halides is 3. The van der Waals surface area contributed by atoms with Gasteiger partial charge in [-0.1, -0.05) is 6.92 Å². The van der Waals surface area contributed by atoms with Crippen LogP contribution in [-0.2, 0) is 6.18 Å². The lowest BCUT2D eigenvalue weighted by molar-refractivity contribution is -0.136. The van der Waals surface area contributed by atoms with Crippen LogP contribution in [0.5, 0.6) is 0 Å². The molecule has 0 atom stereocenters. The molecule has 0 amide bonds. The predicted octanol–water partition coefficient (Wildman–Crippen LogP) is 3.71. The zero-order chi connectivity index (χ0) is 12.3. The molecule has 1 aromatic rings. The topological polar surface area (TPSA) is 49.3 Å². The van der Waals surface area contributed by atoms with Crippen LogP contribution in [0.2, 0.25) is 0 Å². The Bertz CT molecular complexity index is 392. The average Bonchev–Trinajstić information content (AvgIpc) is 2.57. The molecule has 1 heterocycles. The van der Waals surface area contributed by atoms with Crippen molar-refractivity contribution in [2.24, 2.45) is 0 Å². The molecule has 0 spiro atoms. The van der Waals surface area contributed by atoms with Crippen LogP contribution >= 0.6 is 23.7 Å². The monoisotopic (exact) mass is 289 g/mol. The van der Waals surface area contributed by atoms with Crippen LogP contribution in [0.1, 0.15) is 28.6 Å². The lowest BCUT2D eigenvalue weighted by atomic mass is 10.2. The summed E-state index contributed by atoms with van der Waals surface area (Å²) in [5.41, 5.74) is -1.24. The highest BCUT2D eigenvalue weighted by atomic mass is 35.5. The number of carboxylic acid groups (broad SMARTS) is 1. The molecule has 3 nitrogen and oxygen atoms in total. The lowest BCUT2D eigenvalue weighted by Gasteiger charge is -2.10. The van der Waals surface area contributed by atoms with Gasteiger partial charge in [0.15, 0.2) is 0 Å². The summed E-state index contributed by atoms with van der Waals surface area (Å²) in [4.78, 5) is 10.4. The fraction of sp³-hybridized carbons (Fsp3) is 0.444. The van der Waals surface area contributed by atoms with Crippen LogP contribution in [0.3, 0.4) is 0 Å². The van der Waals surface area contributed by atoms with Crippen molar-refractivity contribution in [3.05, 3.63) is 15.8 Å². The first-order chi connectivity index (χ1) is 7.38. The van der Waals surface area contributed by atoms with Gasteiger partial charge in [-0.05, 0) is 6.42 Å². The quantitative estimate of drug-likeness (QED) is 0.888. The van der Waals surface area contributed by atoms with Gasteiger partial charge in [-0.2, -0.15) is 13.2 Å². The van der Waals surface area contributed by atoms with Crippen molar-refractivity contribution in [1.82, 2.24) is 0 Å². The Morgan fingerprint density at radius 1 is 1.53 bits per heavy atom. The molecule has 1 aromatic heterocycles. The molecule has 0 aliphatic heterocycles. The van der Waals surface area contributed by atoms with Gasteiger partial charge in [0.05, 0.1) is 11.3 Å². The minimum absolute atomic E-state index is 0. The molecule has 1 rings (SSSR count). The minimum atomic E-state index is -4.53. The third kappa shape index (κ3) is 3.78. The lowest BCUT2D eigenvalue weighted by Crippen LogP contribution is -2.11. The van der Waals surface area contributed by atoms with E-state index in [1.807, 2.05) is 0 Å². The average molecular weight is 290 g/mol. The van der Waals surface area contributed by atoms with Crippen LogP contribution in [-0.4, -0.2) is 17.6 Å². The maximum Gasteiger partial charge on any atom is 0.419 e. The van der Waals surface area contributed by atoms with Gasteiger partial charge in [-0.25, -0.2) is 4.79 Å². The molecule has 98 valence electrons. The first-order valence-electron chi connectivity index (χ1n) is 4.53. The molecule has 0 bridgehead atoms. The third-order valence-electron chi connectivity index (χ3n) is 1.84. The van der Waals surface area contributed by atoms with Crippen LogP contribution in [0, 0.1) is 0 Å². The second-order valence-corrected chi connectivity index (χ2v) is 3.96. The summed E-state index contributed by atoms with van der Waals surface area (Å²) in [5.74, 6) is -1.35. The second kappa shape index (κ2) is 6.11. The predicted molar refractivity (Wildman–Crippen MR) is 62.3 cm³/mol. The summed E-state index contributed by atoms with van der Waals surface area (Å²) in [7, 11) is 0. The van der Waals surface area contributed by atoms with E-state index in [1.165, 1.54) is 0 Å². The number of halogens is 4. The van der Waals surface area contributed by atoms with E-state index >= 15 is 0 Å². The molecule has 0 aliphatic rings. The van der Waals surface area contributed by atoms with Gasteiger partial charge in [0.2, 0.25) is 0 Å². The molecule has 8 heteroatoms. The van der Waals surface area contributed by atoms with Crippen LogP contribution < -0.4 is 5.32 Å². The van der Waals surface area contributed by atoms with E-state index in [0.717, 1.165) is 5.38 Å². The molecule has 0 saturated heterocycles. The summed E-state index contributed by atoms with van der Waals surface area (Å²) in [6.07, 6.45) is -3.91. The number of aromatic carboxylic acids is 1. The van der Waals surface area contributed by atoms with Gasteiger partial charge < -0.3 is 10.4 Å². The molecule has 0 radical (unpaired) electrons. The van der Waals surface area contributed by atoms with Crippen molar-refractivity contribution >= 4 is 35.4 Å². The van der Waals surface area contributed by atoms with Gasteiger partial charge in [0, 0.05) is 11.9 Å². The number of thiophene rings is 1. The Balaban J connectivity index is 0.00000256. The zero-order valence-electron chi connectivity index (χ0n) is 8.80. The maximum atomic E-state index is 12.5. The highest BCUT2D eigenvalue weighted by molar-refractivity contribution is 7.12. The summed E-state index contributed by atoms with van der Waals surface area (Å²) in [6.45, 7) is 2.09. The summed E-state index contributed by atoms with van der Waals surface area (Å²) in [5, 5.41) is 12.1. The maximum absolute atomic E-state index is 12.5. The van der Waals surface area contributed by atoms with Crippen molar-refractivity contribution in [1.29, 1.82) is 0 Å². The van der Waals surface area contributed by atoms with Crippen molar-refractivity contribution in [2.75, 3.05) is 11.9 Å². The van der Waals surface area contributed by atoms with E-state index in [0.29, 0.717) is 24.3 Å². The summed E-state index contributed by atoms with van der Waals surface area (Å²) < 4.78 is 37.6. The van der Waals surface area contributed by atoms with Gasteiger partial charge >= 0.3 is 12.1 Å². The number of anilines is 1. The number of carbonyl (C=O) groups is 1. The summed E-state index contributed by atoms with van der Waals surface area (Å²) in [6, 6.07) is 0. The van der Waals surface area contributed by atoms with Crippen molar-refractivity contribution in [3.63, 3.8) is 0 Å².